The number of rotatable bonds is 4. The highest BCUT2D eigenvalue weighted by Crippen LogP contribution is 2.23. The molecule has 2 aromatic heterocycles. The number of carbonyl (C=O) groups excluding carboxylic acids is 1. The molecule has 0 bridgehead atoms. The van der Waals surface area contributed by atoms with Gasteiger partial charge in [-0.25, -0.2) is 0 Å². The van der Waals surface area contributed by atoms with Crippen molar-refractivity contribution in [3.63, 3.8) is 0 Å². The Hall–Kier alpha value is -3.41. The molecule has 6 heteroatoms. The molecule has 0 saturated carbocycles. The van der Waals surface area contributed by atoms with E-state index < -0.39 is 0 Å². The Balaban J connectivity index is 0.00000145. The number of H-pyrrole nitrogens is 1. The van der Waals surface area contributed by atoms with E-state index in [1.54, 1.807) is 30.6 Å². The van der Waals surface area contributed by atoms with Crippen molar-refractivity contribution >= 4 is 17.3 Å². The SMILES string of the molecule is CC.Cc1cc(NC(=O)c2cc(-c3c[nH]c(=O)c(N)c3)ccn2)ccc1C(C)C. The summed E-state index contributed by atoms with van der Waals surface area (Å²) in [6.07, 6.45) is 3.11. The molecule has 0 aliphatic rings. The Kier molecular flexibility index (Phi) is 7.31. The van der Waals surface area contributed by atoms with Crippen LogP contribution in [-0.2, 0) is 0 Å². The van der Waals surface area contributed by atoms with Gasteiger partial charge in [0.05, 0.1) is 5.69 Å². The van der Waals surface area contributed by atoms with E-state index >= 15 is 0 Å². The van der Waals surface area contributed by atoms with Crippen LogP contribution in [0, 0.1) is 6.92 Å². The van der Waals surface area contributed by atoms with Crippen molar-refractivity contribution in [1.29, 1.82) is 0 Å². The van der Waals surface area contributed by atoms with Crippen molar-refractivity contribution in [1.82, 2.24) is 9.97 Å². The summed E-state index contributed by atoms with van der Waals surface area (Å²) in [5.41, 5.74) is 10.3. The highest BCUT2D eigenvalue weighted by Gasteiger charge is 2.11. The number of nitrogen functional groups attached to an aromatic ring is 1. The molecule has 3 rings (SSSR count). The van der Waals surface area contributed by atoms with Gasteiger partial charge in [-0.05, 0) is 59.9 Å². The predicted molar refractivity (Wildman–Crippen MR) is 119 cm³/mol. The van der Waals surface area contributed by atoms with Gasteiger partial charge in [-0.2, -0.15) is 0 Å². The first kappa shape index (κ1) is 21.9. The maximum atomic E-state index is 12.6. The number of nitrogens with one attached hydrogen (secondary N) is 2. The van der Waals surface area contributed by atoms with Gasteiger partial charge in [0.2, 0.25) is 0 Å². The number of hydrogen-bond donors (Lipinski definition) is 3. The van der Waals surface area contributed by atoms with Crippen LogP contribution in [-0.4, -0.2) is 15.9 Å². The standard InChI is InChI=1S/C21H22N4O2.C2H6/c1-12(2)17-5-4-16(8-13(17)3)25-21(27)19-10-14(6-7-23-19)15-9-18(22)20(26)24-11-15;1-2/h4-12H,22H2,1-3H3,(H,24,26)(H,25,27);1-2H3. The van der Waals surface area contributed by atoms with E-state index in [4.69, 9.17) is 5.73 Å². The fourth-order valence-electron chi connectivity index (χ4n) is 3.00. The van der Waals surface area contributed by atoms with Crippen molar-refractivity contribution < 1.29 is 4.79 Å². The number of benzene rings is 1. The summed E-state index contributed by atoms with van der Waals surface area (Å²) in [6.45, 7) is 10.3. The molecule has 152 valence electrons. The Labute approximate surface area is 171 Å². The van der Waals surface area contributed by atoms with E-state index in [1.807, 2.05) is 39.0 Å². The molecule has 0 fully saturated rings. The second kappa shape index (κ2) is 9.68. The summed E-state index contributed by atoms with van der Waals surface area (Å²) >= 11 is 0. The topological polar surface area (TPSA) is 101 Å². The van der Waals surface area contributed by atoms with E-state index in [1.165, 1.54) is 5.56 Å². The lowest BCUT2D eigenvalue weighted by Gasteiger charge is -2.12. The second-order valence-electron chi connectivity index (χ2n) is 6.78. The number of hydrogen-bond acceptors (Lipinski definition) is 4. The first-order valence-corrected chi connectivity index (χ1v) is 9.71. The number of carbonyl (C=O) groups is 1. The normalized spacial score (nSPS) is 10.3. The highest BCUT2D eigenvalue weighted by molar-refractivity contribution is 6.03. The smallest absolute Gasteiger partial charge is 0.274 e. The van der Waals surface area contributed by atoms with E-state index in [2.05, 4.69) is 29.1 Å². The summed E-state index contributed by atoms with van der Waals surface area (Å²) in [4.78, 5) is 30.7. The van der Waals surface area contributed by atoms with Crippen molar-refractivity contribution in [3.8, 4) is 11.1 Å². The number of anilines is 2. The molecule has 3 aromatic rings. The third-order valence-electron chi connectivity index (χ3n) is 4.41. The van der Waals surface area contributed by atoms with Crippen LogP contribution in [0.2, 0.25) is 0 Å². The van der Waals surface area contributed by atoms with Gasteiger partial charge in [0.15, 0.2) is 0 Å². The highest BCUT2D eigenvalue weighted by atomic mass is 16.2. The molecule has 29 heavy (non-hydrogen) atoms. The Morgan fingerprint density at radius 3 is 2.45 bits per heavy atom. The van der Waals surface area contributed by atoms with E-state index in [0.717, 1.165) is 16.8 Å². The van der Waals surface area contributed by atoms with Crippen LogP contribution in [0.1, 0.15) is 55.2 Å². The maximum Gasteiger partial charge on any atom is 0.274 e. The molecule has 4 N–H and O–H groups in total. The summed E-state index contributed by atoms with van der Waals surface area (Å²) in [7, 11) is 0. The third-order valence-corrected chi connectivity index (χ3v) is 4.41. The van der Waals surface area contributed by atoms with Gasteiger partial charge >= 0.3 is 0 Å². The van der Waals surface area contributed by atoms with Crippen molar-refractivity contribution in [2.45, 2.75) is 40.5 Å². The molecule has 0 aliphatic heterocycles. The summed E-state index contributed by atoms with van der Waals surface area (Å²) in [6, 6.07) is 10.9. The van der Waals surface area contributed by atoms with Crippen LogP contribution in [0.15, 0.2) is 53.6 Å². The van der Waals surface area contributed by atoms with Gasteiger partial charge in [0, 0.05) is 23.6 Å². The van der Waals surface area contributed by atoms with Crippen molar-refractivity contribution in [3.05, 3.63) is 76.0 Å². The molecule has 1 aromatic carbocycles. The predicted octanol–water partition coefficient (Wildman–Crippen LogP) is 4.73. The monoisotopic (exact) mass is 392 g/mol. The van der Waals surface area contributed by atoms with Crippen molar-refractivity contribution in [2.24, 2.45) is 0 Å². The quantitative estimate of drug-likeness (QED) is 0.597. The van der Waals surface area contributed by atoms with Gasteiger partial charge in [0.25, 0.3) is 11.5 Å². The van der Waals surface area contributed by atoms with Gasteiger partial charge in [-0.15, -0.1) is 0 Å². The number of aromatic nitrogens is 2. The number of nitrogens with zero attached hydrogens (tertiary/aromatic N) is 1. The summed E-state index contributed by atoms with van der Waals surface area (Å²) in [5, 5.41) is 2.88. The van der Waals surface area contributed by atoms with E-state index in [9.17, 15) is 9.59 Å². The lowest BCUT2D eigenvalue weighted by atomic mass is 9.97. The average Bonchev–Trinajstić information content (AvgIpc) is 2.71. The number of amides is 1. The van der Waals surface area contributed by atoms with Gasteiger partial charge < -0.3 is 16.0 Å². The van der Waals surface area contributed by atoms with Crippen LogP contribution < -0.4 is 16.6 Å². The number of aryl methyl sites for hydroxylation is 1. The lowest BCUT2D eigenvalue weighted by Crippen LogP contribution is -2.14. The molecule has 0 radical (unpaired) electrons. The van der Waals surface area contributed by atoms with Crippen LogP contribution in [0.5, 0.6) is 0 Å². The molecule has 6 nitrogen and oxygen atoms in total. The molecule has 0 aliphatic carbocycles. The Bertz CT molecular complexity index is 1050. The zero-order valence-corrected chi connectivity index (χ0v) is 17.5. The molecule has 0 atom stereocenters. The molecule has 0 spiro atoms. The molecular weight excluding hydrogens is 364 g/mol. The van der Waals surface area contributed by atoms with Crippen LogP contribution in [0.4, 0.5) is 11.4 Å². The van der Waals surface area contributed by atoms with Crippen LogP contribution in [0.3, 0.4) is 0 Å². The number of pyridine rings is 2. The minimum Gasteiger partial charge on any atom is -0.394 e. The van der Waals surface area contributed by atoms with E-state index in [0.29, 0.717) is 11.5 Å². The summed E-state index contributed by atoms with van der Waals surface area (Å²) < 4.78 is 0. The largest absolute Gasteiger partial charge is 0.394 e. The molecule has 1 amide bonds. The molecular formula is C23H28N4O2. The zero-order chi connectivity index (χ0) is 21.6. The van der Waals surface area contributed by atoms with Crippen LogP contribution >= 0.6 is 0 Å². The number of nitrogens with two attached hydrogens (primary N) is 1. The number of aromatic amines is 1. The van der Waals surface area contributed by atoms with E-state index in [-0.39, 0.29) is 22.8 Å². The summed E-state index contributed by atoms with van der Waals surface area (Å²) in [5.74, 6) is 0.129. The van der Waals surface area contributed by atoms with Gasteiger partial charge in [-0.1, -0.05) is 33.8 Å². The van der Waals surface area contributed by atoms with Crippen LogP contribution in [0.25, 0.3) is 11.1 Å². The average molecular weight is 393 g/mol. The third kappa shape index (κ3) is 5.31. The first-order valence-electron chi connectivity index (χ1n) is 9.71. The molecule has 0 saturated heterocycles. The molecule has 0 unspecified atom stereocenters. The fourth-order valence-corrected chi connectivity index (χ4v) is 3.00. The van der Waals surface area contributed by atoms with Gasteiger partial charge in [-0.3, -0.25) is 14.6 Å². The van der Waals surface area contributed by atoms with Crippen molar-refractivity contribution in [2.75, 3.05) is 11.1 Å². The minimum atomic E-state index is -0.342. The second-order valence-corrected chi connectivity index (χ2v) is 6.78. The Morgan fingerprint density at radius 2 is 1.83 bits per heavy atom. The Morgan fingerprint density at radius 1 is 1.10 bits per heavy atom. The van der Waals surface area contributed by atoms with Gasteiger partial charge in [0.1, 0.15) is 5.69 Å². The maximum absolute atomic E-state index is 12.6. The fraction of sp³-hybridized carbons (Fsp3) is 0.261. The lowest BCUT2D eigenvalue weighted by molar-refractivity contribution is 0.102. The first-order chi connectivity index (χ1) is 13.8. The molecule has 2 heterocycles. The zero-order valence-electron chi connectivity index (χ0n) is 17.5. The minimum absolute atomic E-state index is 0.121.